The monoisotopic (exact) mass is 413 g/mol. The van der Waals surface area contributed by atoms with E-state index < -0.39 is 16.1 Å². The number of rotatable bonds is 10. The number of hydrogen-bond donors (Lipinski definition) is 3. The van der Waals surface area contributed by atoms with Crippen LogP contribution in [-0.4, -0.2) is 55.2 Å². The fourth-order valence-electron chi connectivity index (χ4n) is 2.30. The fourth-order valence-corrected chi connectivity index (χ4v) is 3.73. The van der Waals surface area contributed by atoms with Gasteiger partial charge in [0.25, 0.3) is 0 Å². The van der Waals surface area contributed by atoms with Crippen molar-refractivity contribution in [3.8, 4) is 5.75 Å². The molecule has 1 atom stereocenters. The third-order valence-corrected chi connectivity index (χ3v) is 5.06. The smallest absolute Gasteiger partial charge is 0.221 e. The number of methoxy groups -OCH3 is 1. The summed E-state index contributed by atoms with van der Waals surface area (Å²) in [7, 11) is -1.93. The van der Waals surface area contributed by atoms with Crippen molar-refractivity contribution >= 4 is 27.7 Å². The number of amides is 1. The third kappa shape index (κ3) is 7.57. The van der Waals surface area contributed by atoms with Crippen molar-refractivity contribution in [1.82, 2.24) is 25.2 Å². The van der Waals surface area contributed by atoms with Crippen LogP contribution in [-0.2, 0) is 14.8 Å². The Bertz CT molecular complexity index is 852. The van der Waals surface area contributed by atoms with Gasteiger partial charge in [0.1, 0.15) is 11.6 Å². The van der Waals surface area contributed by atoms with Gasteiger partial charge in [0.05, 0.1) is 19.4 Å². The minimum atomic E-state index is -3.48. The maximum atomic E-state index is 12.2. The highest BCUT2D eigenvalue weighted by Gasteiger charge is 2.19. The molecule has 0 aliphatic heterocycles. The molecule has 11 heteroatoms. The normalized spacial score (nSPS) is 12.6. The molecule has 1 amide bonds. The Morgan fingerprint density at radius 2 is 2.04 bits per heavy atom. The van der Waals surface area contributed by atoms with Crippen molar-refractivity contribution in [2.45, 2.75) is 24.5 Å². The summed E-state index contributed by atoms with van der Waals surface area (Å²) in [5.41, 5.74) is 0.682. The standard InChI is InChI=1S/C16H23N5O4S2/c1-11-18-16(20-19-11)26-9-8-17-15(22)10-14(21-27(3,23)24)12-4-6-13(25-2)7-5-12/h4-7,14,21H,8-10H2,1-3H3,(H,17,22)(H,18,19,20)/t14-/m1/s1. The number of carbonyl (C=O) groups is 1. The first-order valence-electron chi connectivity index (χ1n) is 8.16. The SMILES string of the molecule is COc1ccc([C@@H](CC(=O)NCCSc2n[nH]c(C)n2)NS(C)(=O)=O)cc1. The topological polar surface area (TPSA) is 126 Å². The molecule has 0 aliphatic carbocycles. The average Bonchev–Trinajstić information content (AvgIpc) is 3.02. The van der Waals surface area contributed by atoms with Crippen molar-refractivity contribution in [2.75, 3.05) is 25.7 Å². The second-order valence-electron chi connectivity index (χ2n) is 5.82. The van der Waals surface area contributed by atoms with Gasteiger partial charge < -0.3 is 10.1 Å². The first-order chi connectivity index (χ1) is 12.8. The van der Waals surface area contributed by atoms with Gasteiger partial charge in [-0.25, -0.2) is 18.1 Å². The van der Waals surface area contributed by atoms with Gasteiger partial charge in [0.15, 0.2) is 0 Å². The van der Waals surface area contributed by atoms with E-state index >= 15 is 0 Å². The highest BCUT2D eigenvalue weighted by molar-refractivity contribution is 7.99. The van der Waals surface area contributed by atoms with Crippen molar-refractivity contribution in [1.29, 1.82) is 0 Å². The number of aryl methyl sites for hydroxylation is 1. The van der Waals surface area contributed by atoms with Gasteiger partial charge in [-0.2, -0.15) is 0 Å². The average molecular weight is 414 g/mol. The van der Waals surface area contributed by atoms with Gasteiger partial charge in [0.2, 0.25) is 21.1 Å². The summed E-state index contributed by atoms with van der Waals surface area (Å²) in [6.07, 6.45) is 1.06. The summed E-state index contributed by atoms with van der Waals surface area (Å²) in [6.45, 7) is 2.23. The molecular formula is C16H23N5O4S2. The van der Waals surface area contributed by atoms with Crippen LogP contribution in [0.3, 0.4) is 0 Å². The second-order valence-corrected chi connectivity index (χ2v) is 8.66. The quantitative estimate of drug-likeness (QED) is 0.392. The number of hydrogen-bond acceptors (Lipinski definition) is 7. The molecule has 0 unspecified atom stereocenters. The fraction of sp³-hybridized carbons (Fsp3) is 0.438. The Labute approximate surface area is 162 Å². The van der Waals surface area contributed by atoms with E-state index in [1.54, 1.807) is 31.4 Å². The lowest BCUT2D eigenvalue weighted by Gasteiger charge is -2.18. The van der Waals surface area contributed by atoms with Gasteiger partial charge >= 0.3 is 0 Å². The number of nitrogens with one attached hydrogen (secondary N) is 3. The van der Waals surface area contributed by atoms with E-state index in [1.807, 2.05) is 6.92 Å². The van der Waals surface area contributed by atoms with Crippen molar-refractivity contribution < 1.29 is 17.9 Å². The van der Waals surface area contributed by atoms with E-state index in [9.17, 15) is 13.2 Å². The van der Waals surface area contributed by atoms with Crippen molar-refractivity contribution in [3.63, 3.8) is 0 Å². The predicted molar refractivity (Wildman–Crippen MR) is 103 cm³/mol. The molecule has 3 N–H and O–H groups in total. The van der Waals surface area contributed by atoms with E-state index in [-0.39, 0.29) is 12.3 Å². The maximum absolute atomic E-state index is 12.2. The van der Waals surface area contributed by atoms with Crippen LogP contribution in [0, 0.1) is 6.92 Å². The van der Waals surface area contributed by atoms with Gasteiger partial charge in [-0.15, -0.1) is 5.10 Å². The van der Waals surface area contributed by atoms with Crippen molar-refractivity contribution in [2.24, 2.45) is 0 Å². The first kappa shape index (κ1) is 21.2. The number of aromatic amines is 1. The molecule has 0 spiro atoms. The Kier molecular flexibility index (Phi) is 7.63. The van der Waals surface area contributed by atoms with E-state index in [0.717, 1.165) is 12.1 Å². The minimum Gasteiger partial charge on any atom is -0.497 e. The summed E-state index contributed by atoms with van der Waals surface area (Å²) in [4.78, 5) is 16.4. The summed E-state index contributed by atoms with van der Waals surface area (Å²) < 4.78 is 30.9. The number of ether oxygens (including phenoxy) is 1. The second kappa shape index (κ2) is 9.72. The molecule has 148 valence electrons. The molecule has 1 aromatic carbocycles. The van der Waals surface area contributed by atoms with Crippen LogP contribution in [0.15, 0.2) is 29.4 Å². The summed E-state index contributed by atoms with van der Waals surface area (Å²) in [5, 5.41) is 10.2. The largest absolute Gasteiger partial charge is 0.497 e. The summed E-state index contributed by atoms with van der Waals surface area (Å²) >= 11 is 1.42. The van der Waals surface area contributed by atoms with Crippen LogP contribution in [0.5, 0.6) is 5.75 Å². The minimum absolute atomic E-state index is 0.0101. The van der Waals surface area contributed by atoms with E-state index in [4.69, 9.17) is 4.74 Å². The zero-order valence-electron chi connectivity index (χ0n) is 15.4. The summed E-state index contributed by atoms with van der Waals surface area (Å²) in [6, 6.07) is 6.25. The van der Waals surface area contributed by atoms with Crippen molar-refractivity contribution in [3.05, 3.63) is 35.7 Å². The molecule has 1 aromatic heterocycles. The van der Waals surface area contributed by atoms with Crippen LogP contribution in [0.4, 0.5) is 0 Å². The Balaban J connectivity index is 1.89. The zero-order chi connectivity index (χ0) is 19.9. The van der Waals surface area contributed by atoms with Gasteiger partial charge in [-0.1, -0.05) is 23.9 Å². The molecule has 0 fully saturated rings. The third-order valence-electron chi connectivity index (χ3n) is 3.50. The van der Waals surface area contributed by atoms with Gasteiger partial charge in [-0.05, 0) is 24.6 Å². The van der Waals surface area contributed by atoms with Gasteiger partial charge in [0, 0.05) is 18.7 Å². The predicted octanol–water partition coefficient (Wildman–Crippen LogP) is 1.01. The molecule has 0 radical (unpaired) electrons. The molecule has 0 aliphatic rings. The highest BCUT2D eigenvalue weighted by Crippen LogP contribution is 2.21. The number of carbonyl (C=O) groups excluding carboxylic acids is 1. The lowest BCUT2D eigenvalue weighted by molar-refractivity contribution is -0.121. The molecule has 9 nitrogen and oxygen atoms in total. The number of nitrogens with zero attached hydrogens (tertiary/aromatic N) is 2. The lowest BCUT2D eigenvalue weighted by atomic mass is 10.0. The molecule has 0 bridgehead atoms. The molecule has 1 heterocycles. The zero-order valence-corrected chi connectivity index (χ0v) is 17.0. The molecule has 2 aromatic rings. The van der Waals surface area contributed by atoms with Gasteiger partial charge in [-0.3, -0.25) is 9.89 Å². The van der Waals surface area contributed by atoms with E-state index in [1.165, 1.54) is 11.8 Å². The number of aromatic nitrogens is 3. The van der Waals surface area contributed by atoms with E-state index in [2.05, 4.69) is 25.2 Å². The van der Waals surface area contributed by atoms with Crippen LogP contribution >= 0.6 is 11.8 Å². The number of sulfonamides is 1. The molecule has 27 heavy (non-hydrogen) atoms. The Hall–Kier alpha value is -2.11. The number of benzene rings is 1. The van der Waals surface area contributed by atoms with Crippen LogP contribution in [0.2, 0.25) is 0 Å². The Morgan fingerprint density at radius 3 is 2.59 bits per heavy atom. The molecule has 0 saturated carbocycles. The molecule has 0 saturated heterocycles. The highest BCUT2D eigenvalue weighted by atomic mass is 32.2. The molecular weight excluding hydrogens is 390 g/mol. The lowest BCUT2D eigenvalue weighted by Crippen LogP contribution is -2.34. The maximum Gasteiger partial charge on any atom is 0.221 e. The van der Waals surface area contributed by atoms with Crippen LogP contribution in [0.25, 0.3) is 0 Å². The first-order valence-corrected chi connectivity index (χ1v) is 11.0. The Morgan fingerprint density at radius 1 is 1.33 bits per heavy atom. The van der Waals surface area contributed by atoms with Crippen LogP contribution in [0.1, 0.15) is 23.9 Å². The summed E-state index contributed by atoms with van der Waals surface area (Å²) in [5.74, 6) is 1.74. The molecule has 2 rings (SSSR count). The van der Waals surface area contributed by atoms with Crippen LogP contribution < -0.4 is 14.8 Å². The number of H-pyrrole nitrogens is 1. The number of thioether (sulfide) groups is 1. The van der Waals surface area contributed by atoms with E-state index in [0.29, 0.717) is 28.8 Å².